The quantitative estimate of drug-likeness (QED) is 0.282. The number of aliphatic hydroxyl groups is 1. The van der Waals surface area contributed by atoms with Crippen LogP contribution in [0.3, 0.4) is 0 Å². The Hall–Kier alpha value is -2.80. The molecule has 4 atom stereocenters. The van der Waals surface area contributed by atoms with E-state index >= 15 is 4.39 Å². The highest BCUT2D eigenvalue weighted by molar-refractivity contribution is 5.88. The van der Waals surface area contributed by atoms with Gasteiger partial charge < -0.3 is 24.7 Å². The third-order valence-electron chi connectivity index (χ3n) is 11.6. The van der Waals surface area contributed by atoms with Gasteiger partial charge in [-0.05, 0) is 74.9 Å². The zero-order valence-electron chi connectivity index (χ0n) is 29.2. The van der Waals surface area contributed by atoms with E-state index in [0.717, 1.165) is 37.8 Å². The number of carbonyl (C=O) groups excluding carboxylic acids is 1. The van der Waals surface area contributed by atoms with Crippen LogP contribution in [0.25, 0.3) is 0 Å². The molecule has 3 saturated heterocycles. The Kier molecular flexibility index (Phi) is 12.6. The maximum absolute atomic E-state index is 17.7. The molecule has 0 radical (unpaired) electrons. The number of piperidine rings is 1. The number of ether oxygens (including phenoxy) is 1. The van der Waals surface area contributed by atoms with E-state index in [4.69, 9.17) is 4.74 Å². The number of carbonyl (C=O) groups is 2. The molecule has 3 heterocycles. The molecular weight excluding hydrogens is 713 g/mol. The molecule has 0 aromatic heterocycles. The molecule has 1 amide bonds. The minimum absolute atomic E-state index is 0. The van der Waals surface area contributed by atoms with Crippen molar-refractivity contribution in [1.82, 2.24) is 9.80 Å². The second-order valence-electron chi connectivity index (χ2n) is 15.0. The molecule has 4 fully saturated rings. The van der Waals surface area contributed by atoms with Crippen molar-refractivity contribution in [3.63, 3.8) is 0 Å². The van der Waals surface area contributed by atoms with Gasteiger partial charge in [0.25, 0.3) is 5.91 Å². The van der Waals surface area contributed by atoms with Crippen molar-refractivity contribution in [3.05, 3.63) is 59.2 Å². The third kappa shape index (κ3) is 8.24. The summed E-state index contributed by atoms with van der Waals surface area (Å²) in [6.07, 6.45) is -0.0181. The summed E-state index contributed by atoms with van der Waals surface area (Å²) >= 11 is 0. The fourth-order valence-corrected chi connectivity index (χ4v) is 8.76. The molecule has 14 heteroatoms. The van der Waals surface area contributed by atoms with E-state index in [1.807, 2.05) is 0 Å². The number of anilines is 1. The molecule has 0 bridgehead atoms. The number of halogens is 6. The minimum atomic E-state index is -4.61. The molecule has 0 unspecified atom stereocenters. The molecule has 2 aromatic carbocycles. The number of carboxylic acid groups (broad SMARTS) is 1. The zero-order valence-corrected chi connectivity index (χ0v) is 30.8. The Morgan fingerprint density at radius 3 is 2.10 bits per heavy atom. The van der Waals surface area contributed by atoms with Crippen LogP contribution in [0.1, 0.15) is 80.9 Å². The first-order valence-corrected chi connectivity index (χ1v) is 17.4. The monoisotopic (exact) mass is 761 g/mol. The van der Waals surface area contributed by atoms with Crippen LogP contribution in [0.5, 0.6) is 5.75 Å². The summed E-state index contributed by atoms with van der Waals surface area (Å²) in [5.41, 5.74) is -2.89. The number of carboxylic acids is 1. The van der Waals surface area contributed by atoms with Gasteiger partial charge >= 0.3 is 12.1 Å². The number of rotatable bonds is 8. The zero-order chi connectivity index (χ0) is 35.3. The fourth-order valence-electron chi connectivity index (χ4n) is 8.76. The number of benzene rings is 2. The van der Waals surface area contributed by atoms with Gasteiger partial charge in [-0.1, -0.05) is 31.0 Å². The minimum Gasteiger partial charge on any atom is -0.497 e. The largest absolute Gasteiger partial charge is 0.497 e. The van der Waals surface area contributed by atoms with E-state index in [-0.39, 0.29) is 76.4 Å². The predicted octanol–water partition coefficient (Wildman–Crippen LogP) is 6.92. The van der Waals surface area contributed by atoms with Crippen LogP contribution in [-0.2, 0) is 15.8 Å². The van der Waals surface area contributed by atoms with Crippen molar-refractivity contribution in [2.45, 2.75) is 87.7 Å². The maximum atomic E-state index is 17.7. The van der Waals surface area contributed by atoms with Gasteiger partial charge in [-0.15, -0.1) is 24.8 Å². The van der Waals surface area contributed by atoms with Crippen LogP contribution in [-0.4, -0.2) is 95.6 Å². The molecule has 3 aliphatic heterocycles. The Morgan fingerprint density at radius 1 is 0.922 bits per heavy atom. The summed E-state index contributed by atoms with van der Waals surface area (Å²) in [7, 11) is 1.55. The Balaban J connectivity index is 0.00000292. The maximum Gasteiger partial charge on any atom is 0.416 e. The highest BCUT2D eigenvalue weighted by Gasteiger charge is 2.58. The number of nitrogens with zero attached hydrogens (tertiary/aromatic N) is 3. The lowest BCUT2D eigenvalue weighted by Gasteiger charge is -2.37. The number of likely N-dealkylation sites (tertiary alicyclic amines) is 2. The van der Waals surface area contributed by atoms with Crippen molar-refractivity contribution in [2.24, 2.45) is 11.8 Å². The SMILES string of the molecule is COc1ccc([C@@H]2CN(C3CCCC3)C[C@@]2(F)C(=O)N2C[C@H](c3ccc(C(F)(F)F)cc3N3CCC(C(=O)O)CC3)[C@@H](C(C)(C)O)C2)cc1.Cl.Cl. The molecule has 2 N–H and O–H groups in total. The Bertz CT molecular complexity index is 1530. The molecule has 0 spiro atoms. The van der Waals surface area contributed by atoms with Gasteiger partial charge in [0, 0.05) is 68.8 Å². The normalized spacial score (nSPS) is 26.5. The van der Waals surface area contributed by atoms with Crippen LogP contribution in [0.2, 0.25) is 0 Å². The first-order valence-electron chi connectivity index (χ1n) is 17.4. The average molecular weight is 763 g/mol. The summed E-state index contributed by atoms with van der Waals surface area (Å²) < 4.78 is 65.0. The van der Waals surface area contributed by atoms with E-state index in [1.165, 1.54) is 11.0 Å². The second-order valence-corrected chi connectivity index (χ2v) is 15.0. The highest BCUT2D eigenvalue weighted by atomic mass is 35.5. The van der Waals surface area contributed by atoms with Crippen molar-refractivity contribution < 1.29 is 42.1 Å². The third-order valence-corrected chi connectivity index (χ3v) is 11.6. The van der Waals surface area contributed by atoms with Crippen molar-refractivity contribution in [3.8, 4) is 5.75 Å². The van der Waals surface area contributed by atoms with Gasteiger partial charge in [0.15, 0.2) is 0 Å². The standard InChI is InChI=1S/C37H47F4N3O5.2ClH/c1-35(2,48)31-21-43(19-29(31)28-13-10-25(37(39,40)41)18-32(28)42-16-14-24(15-17-42)33(45)46)34(47)36(38)22-44(26-6-4-5-7-26)20-30(36)23-8-11-27(49-3)12-9-23;;/h8-13,18,24,26,29-31,48H,4-7,14-17,19-22H2,1-3H3,(H,45,46);2*1H/t29-,30+,31+,36+;;/m1../s1. The Labute approximate surface area is 309 Å². The average Bonchev–Trinajstić information content (AvgIpc) is 3.83. The van der Waals surface area contributed by atoms with Crippen molar-refractivity contribution >= 4 is 42.4 Å². The van der Waals surface area contributed by atoms with Gasteiger partial charge in [-0.25, -0.2) is 4.39 Å². The van der Waals surface area contributed by atoms with E-state index in [1.54, 1.807) is 50.1 Å². The van der Waals surface area contributed by atoms with Crippen LogP contribution < -0.4 is 9.64 Å². The fraction of sp³-hybridized carbons (Fsp3) is 0.622. The van der Waals surface area contributed by atoms with E-state index in [2.05, 4.69) is 4.90 Å². The molecule has 51 heavy (non-hydrogen) atoms. The van der Waals surface area contributed by atoms with Gasteiger partial charge in [0.05, 0.1) is 24.2 Å². The summed E-state index contributed by atoms with van der Waals surface area (Å²) in [6, 6.07) is 10.9. The van der Waals surface area contributed by atoms with Gasteiger partial charge in [-0.2, -0.15) is 13.2 Å². The van der Waals surface area contributed by atoms with Crippen molar-refractivity contribution in [1.29, 1.82) is 0 Å². The van der Waals surface area contributed by atoms with Gasteiger partial charge in [-0.3, -0.25) is 14.5 Å². The number of methoxy groups -OCH3 is 1. The molecule has 8 nitrogen and oxygen atoms in total. The van der Waals surface area contributed by atoms with Crippen LogP contribution in [0, 0.1) is 11.8 Å². The van der Waals surface area contributed by atoms with Gasteiger partial charge in [0.1, 0.15) is 5.75 Å². The smallest absolute Gasteiger partial charge is 0.416 e. The molecule has 284 valence electrons. The summed E-state index contributed by atoms with van der Waals surface area (Å²) in [4.78, 5) is 31.5. The molecule has 1 aliphatic carbocycles. The molecule has 2 aromatic rings. The van der Waals surface area contributed by atoms with Crippen LogP contribution in [0.15, 0.2) is 42.5 Å². The lowest BCUT2D eigenvalue weighted by atomic mass is 9.78. The molecule has 6 rings (SSSR count). The predicted molar refractivity (Wildman–Crippen MR) is 191 cm³/mol. The molecular formula is C37H49Cl2F4N3O5. The first-order chi connectivity index (χ1) is 23.1. The Morgan fingerprint density at radius 2 is 1.55 bits per heavy atom. The summed E-state index contributed by atoms with van der Waals surface area (Å²) in [6.45, 7) is 4.14. The van der Waals surface area contributed by atoms with Gasteiger partial charge in [0.2, 0.25) is 5.67 Å². The second kappa shape index (κ2) is 15.7. The lowest BCUT2D eigenvalue weighted by Crippen LogP contribution is -2.50. The van der Waals surface area contributed by atoms with Crippen molar-refractivity contribution in [2.75, 3.05) is 51.3 Å². The van der Waals surface area contributed by atoms with Crippen LogP contribution in [0.4, 0.5) is 23.2 Å². The number of aliphatic carboxylic acids is 1. The summed E-state index contributed by atoms with van der Waals surface area (Å²) in [5.74, 6) is -3.47. The molecule has 4 aliphatic rings. The lowest BCUT2D eigenvalue weighted by molar-refractivity contribution is -0.144. The number of hydrogen-bond acceptors (Lipinski definition) is 6. The summed E-state index contributed by atoms with van der Waals surface area (Å²) in [5, 5.41) is 20.9. The topological polar surface area (TPSA) is 93.6 Å². The number of alkyl halides is 4. The van der Waals surface area contributed by atoms with E-state index < -0.39 is 58.6 Å². The van der Waals surface area contributed by atoms with E-state index in [0.29, 0.717) is 29.1 Å². The first kappa shape index (κ1) is 41.0. The number of amides is 1. The molecule has 1 saturated carbocycles. The highest BCUT2D eigenvalue weighted by Crippen LogP contribution is 2.48. The number of hydrogen-bond donors (Lipinski definition) is 2. The van der Waals surface area contributed by atoms with E-state index in [9.17, 15) is 33.0 Å². The van der Waals surface area contributed by atoms with Crippen LogP contribution >= 0.6 is 24.8 Å².